The lowest BCUT2D eigenvalue weighted by Gasteiger charge is -2.00. The van der Waals surface area contributed by atoms with Crippen molar-refractivity contribution in [3.63, 3.8) is 0 Å². The molecule has 0 aliphatic carbocycles. The molecule has 0 spiro atoms. The van der Waals surface area contributed by atoms with E-state index in [2.05, 4.69) is 27.4 Å². The Hall–Kier alpha value is -3.92. The average Bonchev–Trinajstić information content (AvgIpc) is 3.27. The first-order valence-corrected chi connectivity index (χ1v) is 9.47. The van der Waals surface area contributed by atoms with Gasteiger partial charge in [-0.2, -0.15) is 0 Å². The molecule has 0 bridgehead atoms. The molecule has 7 heteroatoms. The van der Waals surface area contributed by atoms with Crippen LogP contribution in [-0.2, 0) is 16.1 Å². The van der Waals surface area contributed by atoms with Gasteiger partial charge in [0.05, 0.1) is 13.7 Å². The van der Waals surface area contributed by atoms with Crippen LogP contribution in [0.4, 0.5) is 0 Å². The molecule has 152 valence electrons. The number of hydrogen-bond donors (Lipinski definition) is 1. The Morgan fingerprint density at radius 3 is 2.57 bits per heavy atom. The minimum atomic E-state index is -0.669. The zero-order valence-corrected chi connectivity index (χ0v) is 16.6. The molecule has 3 rings (SSSR count). The van der Waals surface area contributed by atoms with Gasteiger partial charge in [0.2, 0.25) is 17.6 Å². The molecule has 1 aromatic heterocycles. The number of ether oxygens (including phenoxy) is 1. The van der Waals surface area contributed by atoms with Crippen LogP contribution in [-0.4, -0.2) is 29.0 Å². The lowest BCUT2D eigenvalue weighted by molar-refractivity contribution is -0.138. The van der Waals surface area contributed by atoms with Gasteiger partial charge in [-0.1, -0.05) is 30.0 Å². The van der Waals surface area contributed by atoms with Crippen molar-refractivity contribution in [2.45, 2.75) is 25.8 Å². The molecule has 1 heterocycles. The highest BCUT2D eigenvalue weighted by Crippen LogP contribution is 2.16. The van der Waals surface area contributed by atoms with Gasteiger partial charge < -0.3 is 14.5 Å². The van der Waals surface area contributed by atoms with Crippen molar-refractivity contribution in [1.82, 2.24) is 15.5 Å². The van der Waals surface area contributed by atoms with Crippen molar-refractivity contribution in [3.05, 3.63) is 66.1 Å². The van der Waals surface area contributed by atoms with Gasteiger partial charge in [-0.25, -0.2) is 0 Å². The van der Waals surface area contributed by atoms with Crippen LogP contribution in [0.3, 0.4) is 0 Å². The summed E-state index contributed by atoms with van der Waals surface area (Å²) in [5.41, 5.74) is 1.66. The van der Waals surface area contributed by atoms with Gasteiger partial charge in [0.1, 0.15) is 5.75 Å². The highest BCUT2D eigenvalue weighted by atomic mass is 16.5. The summed E-state index contributed by atoms with van der Waals surface area (Å²) in [5, 5.41) is 10.3. The molecule has 30 heavy (non-hydrogen) atoms. The number of Topliss-reactive ketones (excluding diaryl/α,β-unsaturated/α-hetero) is 1. The first-order valence-electron chi connectivity index (χ1n) is 9.47. The van der Waals surface area contributed by atoms with Gasteiger partial charge in [0.15, 0.2) is 0 Å². The van der Waals surface area contributed by atoms with Crippen LogP contribution < -0.4 is 10.1 Å². The molecule has 0 saturated carbocycles. The van der Waals surface area contributed by atoms with E-state index in [9.17, 15) is 9.59 Å². The number of carbonyl (C=O) groups excluding carboxylic acids is 2. The minimum Gasteiger partial charge on any atom is -0.497 e. The van der Waals surface area contributed by atoms with Crippen molar-refractivity contribution in [1.29, 1.82) is 0 Å². The predicted octanol–water partition coefficient (Wildman–Crippen LogP) is 3.15. The molecule has 2 aromatic carbocycles. The maximum Gasteiger partial charge on any atom is 0.287 e. The highest BCUT2D eigenvalue weighted by Gasteiger charge is 2.14. The number of nitrogens with zero attached hydrogens (tertiary/aromatic N) is 2. The first kappa shape index (κ1) is 20.8. The molecule has 3 aromatic rings. The number of methoxy groups -OCH3 is 1. The quantitative estimate of drug-likeness (QED) is 0.353. The smallest absolute Gasteiger partial charge is 0.287 e. The largest absolute Gasteiger partial charge is 0.497 e. The molecule has 7 nitrogen and oxygen atoms in total. The molecule has 0 aliphatic rings. The molecule has 0 radical (unpaired) electrons. The van der Waals surface area contributed by atoms with Crippen molar-refractivity contribution >= 4 is 11.7 Å². The summed E-state index contributed by atoms with van der Waals surface area (Å²) < 4.78 is 10.6. The Balaban J connectivity index is 1.38. The number of rotatable bonds is 8. The van der Waals surface area contributed by atoms with Gasteiger partial charge >= 0.3 is 0 Å². The SMILES string of the molecule is COc1ccc(C#CCCCC(=O)C(=O)NCc2nnc(-c3ccccc3)o2)cc1. The third kappa shape index (κ3) is 6.04. The topological polar surface area (TPSA) is 94.3 Å². The van der Waals surface area contributed by atoms with Crippen LogP contribution in [0, 0.1) is 11.8 Å². The minimum absolute atomic E-state index is 0.00167. The van der Waals surface area contributed by atoms with Crippen LogP contribution in [0.1, 0.15) is 30.7 Å². The van der Waals surface area contributed by atoms with Crippen LogP contribution in [0.15, 0.2) is 59.0 Å². The van der Waals surface area contributed by atoms with Gasteiger partial charge in [-0.15, -0.1) is 10.2 Å². The highest BCUT2D eigenvalue weighted by molar-refractivity contribution is 6.36. The van der Waals surface area contributed by atoms with Crippen LogP contribution in [0.5, 0.6) is 5.75 Å². The van der Waals surface area contributed by atoms with E-state index in [0.717, 1.165) is 16.9 Å². The molecular weight excluding hydrogens is 382 g/mol. The number of carbonyl (C=O) groups is 2. The number of aromatic nitrogens is 2. The Labute approximate surface area is 174 Å². The Bertz CT molecular complexity index is 1050. The van der Waals surface area contributed by atoms with Crippen molar-refractivity contribution < 1.29 is 18.7 Å². The number of unbranched alkanes of at least 4 members (excludes halogenated alkanes) is 1. The van der Waals surface area contributed by atoms with Gasteiger partial charge in [-0.3, -0.25) is 9.59 Å². The van der Waals surface area contributed by atoms with E-state index in [1.807, 2.05) is 54.6 Å². The summed E-state index contributed by atoms with van der Waals surface area (Å²) >= 11 is 0. The van der Waals surface area contributed by atoms with E-state index < -0.39 is 11.7 Å². The van der Waals surface area contributed by atoms with Crippen molar-refractivity contribution in [2.24, 2.45) is 0 Å². The van der Waals surface area contributed by atoms with E-state index in [1.54, 1.807) is 7.11 Å². The molecule has 1 amide bonds. The number of nitrogens with one attached hydrogen (secondary N) is 1. The fraction of sp³-hybridized carbons (Fsp3) is 0.217. The Kier molecular flexibility index (Phi) is 7.34. The van der Waals surface area contributed by atoms with E-state index >= 15 is 0 Å². The van der Waals surface area contributed by atoms with Crippen LogP contribution in [0.2, 0.25) is 0 Å². The normalized spacial score (nSPS) is 10.0. The van der Waals surface area contributed by atoms with Gasteiger partial charge in [-0.05, 0) is 42.8 Å². The molecule has 0 fully saturated rings. The summed E-state index contributed by atoms with van der Waals surface area (Å²) in [6.45, 7) is 0.00167. The molecular formula is C23H21N3O4. The van der Waals surface area contributed by atoms with Crippen molar-refractivity contribution in [2.75, 3.05) is 7.11 Å². The van der Waals surface area contributed by atoms with E-state index in [0.29, 0.717) is 18.7 Å². The second-order valence-corrected chi connectivity index (χ2v) is 6.36. The Morgan fingerprint density at radius 1 is 1.07 bits per heavy atom. The number of ketones is 1. The summed E-state index contributed by atoms with van der Waals surface area (Å²) in [4.78, 5) is 23.9. The maximum atomic E-state index is 12.0. The third-order valence-corrected chi connectivity index (χ3v) is 4.17. The third-order valence-electron chi connectivity index (χ3n) is 4.17. The summed E-state index contributed by atoms with van der Waals surface area (Å²) in [5.74, 6) is 6.22. The standard InChI is InChI=1S/C23H21N3O4/c1-29-19-14-12-17(13-15-19)8-4-2-7-11-20(27)22(28)24-16-21-25-26-23(30-21)18-9-5-3-6-10-18/h3,5-6,9-10,12-15H,2,7,11,16H2,1H3,(H,24,28). The fourth-order valence-corrected chi connectivity index (χ4v) is 2.57. The zero-order valence-electron chi connectivity index (χ0n) is 16.6. The fourth-order valence-electron chi connectivity index (χ4n) is 2.57. The van der Waals surface area contributed by atoms with Gasteiger partial charge in [0.25, 0.3) is 5.91 Å². The van der Waals surface area contributed by atoms with E-state index in [-0.39, 0.29) is 18.9 Å². The lowest BCUT2D eigenvalue weighted by Crippen LogP contribution is -2.30. The van der Waals surface area contributed by atoms with Crippen molar-refractivity contribution in [3.8, 4) is 29.0 Å². The number of amides is 1. The van der Waals surface area contributed by atoms with Gasteiger partial charge in [0, 0.05) is 24.0 Å². The molecule has 1 N–H and O–H groups in total. The van der Waals surface area contributed by atoms with Crippen LogP contribution in [0.25, 0.3) is 11.5 Å². The molecule has 0 atom stereocenters. The predicted molar refractivity (Wildman–Crippen MR) is 110 cm³/mol. The molecule has 0 saturated heterocycles. The zero-order chi connectivity index (χ0) is 21.2. The summed E-state index contributed by atoms with van der Waals surface area (Å²) in [6.07, 6.45) is 1.16. The molecule has 0 unspecified atom stereocenters. The summed E-state index contributed by atoms with van der Waals surface area (Å²) in [7, 11) is 1.61. The van der Waals surface area contributed by atoms with E-state index in [1.165, 1.54) is 0 Å². The Morgan fingerprint density at radius 2 is 1.83 bits per heavy atom. The number of hydrogen-bond acceptors (Lipinski definition) is 6. The second kappa shape index (κ2) is 10.6. The second-order valence-electron chi connectivity index (χ2n) is 6.36. The van der Waals surface area contributed by atoms with Crippen LogP contribution >= 0.6 is 0 Å². The maximum absolute atomic E-state index is 12.0. The van der Waals surface area contributed by atoms with E-state index in [4.69, 9.17) is 9.15 Å². The number of benzene rings is 2. The average molecular weight is 403 g/mol. The molecule has 0 aliphatic heterocycles. The monoisotopic (exact) mass is 403 g/mol. The summed E-state index contributed by atoms with van der Waals surface area (Å²) in [6, 6.07) is 16.7. The lowest BCUT2D eigenvalue weighted by atomic mass is 10.1. The first-order chi connectivity index (χ1) is 14.7.